The highest BCUT2D eigenvalue weighted by atomic mass is 19.1. The molecule has 0 saturated carbocycles. The summed E-state index contributed by atoms with van der Waals surface area (Å²) in [5.74, 6) is 0. The summed E-state index contributed by atoms with van der Waals surface area (Å²) < 4.78 is 12.0. The van der Waals surface area contributed by atoms with Gasteiger partial charge in [-0.2, -0.15) is 0 Å². The molecule has 19 heavy (non-hydrogen) atoms. The number of nitrogens with zero attached hydrogens (tertiary/aromatic N) is 1. The fourth-order valence-corrected chi connectivity index (χ4v) is 2.57. The smallest absolute Gasteiger partial charge is 0.0894 e. The highest BCUT2D eigenvalue weighted by molar-refractivity contribution is 5.48. The van der Waals surface area contributed by atoms with Crippen molar-refractivity contribution in [3.63, 3.8) is 0 Å². The molecule has 0 amide bonds. The standard InChI is InChI=1S/C16H25FN2/c17-10-4-2-1-3-5-15-6-8-16(9-7-15)19-13-11-18-12-14-19/h6-9,18H,1-5,10-14H2. The van der Waals surface area contributed by atoms with Crippen molar-refractivity contribution in [2.75, 3.05) is 37.8 Å². The van der Waals surface area contributed by atoms with Gasteiger partial charge in [-0.3, -0.25) is 4.39 Å². The van der Waals surface area contributed by atoms with E-state index in [1.807, 2.05) is 0 Å². The molecule has 0 spiro atoms. The predicted octanol–water partition coefficient (Wildman–Crippen LogP) is 3.17. The van der Waals surface area contributed by atoms with E-state index in [1.165, 1.54) is 17.7 Å². The van der Waals surface area contributed by atoms with E-state index < -0.39 is 0 Å². The maximum absolute atomic E-state index is 12.0. The Labute approximate surface area is 116 Å². The molecule has 1 heterocycles. The van der Waals surface area contributed by atoms with Crippen LogP contribution in [0.4, 0.5) is 10.1 Å². The third-order valence-electron chi connectivity index (χ3n) is 3.77. The zero-order valence-corrected chi connectivity index (χ0v) is 11.7. The Morgan fingerprint density at radius 1 is 0.947 bits per heavy atom. The number of anilines is 1. The van der Waals surface area contributed by atoms with Gasteiger partial charge in [0.1, 0.15) is 0 Å². The van der Waals surface area contributed by atoms with Gasteiger partial charge in [0.2, 0.25) is 0 Å². The number of hydrogen-bond acceptors (Lipinski definition) is 2. The van der Waals surface area contributed by atoms with Crippen molar-refractivity contribution in [2.24, 2.45) is 0 Å². The largest absolute Gasteiger partial charge is 0.369 e. The number of hydrogen-bond donors (Lipinski definition) is 1. The van der Waals surface area contributed by atoms with Crippen LogP contribution >= 0.6 is 0 Å². The Hall–Kier alpha value is -1.09. The van der Waals surface area contributed by atoms with Crippen LogP contribution in [-0.4, -0.2) is 32.9 Å². The normalized spacial score (nSPS) is 15.7. The molecule has 3 heteroatoms. The number of aryl methyl sites for hydroxylation is 1. The molecule has 1 fully saturated rings. The number of nitrogens with one attached hydrogen (secondary N) is 1. The zero-order valence-electron chi connectivity index (χ0n) is 11.7. The van der Waals surface area contributed by atoms with Gasteiger partial charge < -0.3 is 10.2 Å². The van der Waals surface area contributed by atoms with Crippen molar-refractivity contribution in [3.8, 4) is 0 Å². The first kappa shape index (κ1) is 14.3. The SMILES string of the molecule is FCCCCCCc1ccc(N2CCNCC2)cc1. The van der Waals surface area contributed by atoms with Gasteiger partial charge in [0.25, 0.3) is 0 Å². The first-order valence-electron chi connectivity index (χ1n) is 7.51. The van der Waals surface area contributed by atoms with E-state index in [0.717, 1.165) is 51.9 Å². The van der Waals surface area contributed by atoms with Gasteiger partial charge in [-0.15, -0.1) is 0 Å². The lowest BCUT2D eigenvalue weighted by molar-refractivity contribution is 0.453. The zero-order chi connectivity index (χ0) is 13.3. The molecule has 2 nitrogen and oxygen atoms in total. The van der Waals surface area contributed by atoms with Crippen molar-refractivity contribution in [1.82, 2.24) is 5.32 Å². The molecule has 2 rings (SSSR count). The molecule has 0 aliphatic carbocycles. The van der Waals surface area contributed by atoms with Crippen LogP contribution in [0, 0.1) is 0 Å². The second-order valence-electron chi connectivity index (χ2n) is 5.26. The molecule has 1 aromatic carbocycles. The lowest BCUT2D eigenvalue weighted by Gasteiger charge is -2.29. The van der Waals surface area contributed by atoms with Crippen molar-refractivity contribution >= 4 is 5.69 Å². The van der Waals surface area contributed by atoms with Crippen molar-refractivity contribution < 1.29 is 4.39 Å². The number of rotatable bonds is 7. The predicted molar refractivity (Wildman–Crippen MR) is 79.7 cm³/mol. The third-order valence-corrected chi connectivity index (χ3v) is 3.77. The van der Waals surface area contributed by atoms with Gasteiger partial charge in [0.05, 0.1) is 6.67 Å². The molecule has 0 bridgehead atoms. The first-order valence-corrected chi connectivity index (χ1v) is 7.51. The van der Waals surface area contributed by atoms with Crippen molar-refractivity contribution in [2.45, 2.75) is 32.1 Å². The minimum absolute atomic E-state index is 0.167. The summed E-state index contributed by atoms with van der Waals surface area (Å²) in [7, 11) is 0. The summed E-state index contributed by atoms with van der Waals surface area (Å²) in [5.41, 5.74) is 2.74. The number of benzene rings is 1. The van der Waals surface area contributed by atoms with Crippen LogP contribution in [0.25, 0.3) is 0 Å². The molecule has 1 saturated heterocycles. The Kier molecular flexibility index (Phi) is 6.15. The summed E-state index contributed by atoms with van der Waals surface area (Å²) in [6.07, 6.45) is 5.18. The third kappa shape index (κ3) is 4.83. The summed E-state index contributed by atoms with van der Waals surface area (Å²) in [5, 5.41) is 3.37. The van der Waals surface area contributed by atoms with E-state index in [9.17, 15) is 4.39 Å². The molecular weight excluding hydrogens is 239 g/mol. The van der Waals surface area contributed by atoms with Crippen molar-refractivity contribution in [3.05, 3.63) is 29.8 Å². The maximum atomic E-state index is 12.0. The molecule has 0 atom stereocenters. The maximum Gasteiger partial charge on any atom is 0.0894 e. The Morgan fingerprint density at radius 2 is 1.63 bits per heavy atom. The molecule has 1 aliphatic heterocycles. The van der Waals surface area contributed by atoms with Gasteiger partial charge in [-0.05, 0) is 37.0 Å². The van der Waals surface area contributed by atoms with Crippen LogP contribution in [0.2, 0.25) is 0 Å². The Balaban J connectivity index is 1.74. The van der Waals surface area contributed by atoms with Crippen LogP contribution in [0.1, 0.15) is 31.2 Å². The first-order chi connectivity index (χ1) is 9.40. The molecular formula is C16H25FN2. The van der Waals surface area contributed by atoms with Crippen LogP contribution in [-0.2, 0) is 6.42 Å². The van der Waals surface area contributed by atoms with Crippen molar-refractivity contribution in [1.29, 1.82) is 0 Å². The molecule has 106 valence electrons. The molecule has 0 radical (unpaired) electrons. The number of halogens is 1. The average molecular weight is 264 g/mol. The minimum Gasteiger partial charge on any atom is -0.369 e. The van der Waals surface area contributed by atoms with Gasteiger partial charge in [0.15, 0.2) is 0 Å². The number of alkyl halides is 1. The summed E-state index contributed by atoms with van der Waals surface area (Å²) in [6, 6.07) is 8.96. The lowest BCUT2D eigenvalue weighted by atomic mass is 10.1. The lowest BCUT2D eigenvalue weighted by Crippen LogP contribution is -2.43. The van der Waals surface area contributed by atoms with Crippen LogP contribution in [0.5, 0.6) is 0 Å². The van der Waals surface area contributed by atoms with Gasteiger partial charge >= 0.3 is 0 Å². The molecule has 1 N–H and O–H groups in total. The summed E-state index contributed by atoms with van der Waals surface area (Å²) >= 11 is 0. The molecule has 1 aromatic rings. The average Bonchev–Trinajstić information content (AvgIpc) is 2.49. The van der Waals surface area contributed by atoms with E-state index in [0.29, 0.717) is 0 Å². The molecule has 0 aromatic heterocycles. The van der Waals surface area contributed by atoms with Gasteiger partial charge in [-0.25, -0.2) is 0 Å². The fraction of sp³-hybridized carbons (Fsp3) is 0.625. The fourth-order valence-electron chi connectivity index (χ4n) is 2.57. The highest BCUT2D eigenvalue weighted by Gasteiger charge is 2.09. The minimum atomic E-state index is -0.167. The summed E-state index contributed by atoms with van der Waals surface area (Å²) in [4.78, 5) is 2.43. The van der Waals surface area contributed by atoms with E-state index in [-0.39, 0.29) is 6.67 Å². The van der Waals surface area contributed by atoms with E-state index >= 15 is 0 Å². The van der Waals surface area contributed by atoms with Crippen LogP contribution in [0.15, 0.2) is 24.3 Å². The molecule has 1 aliphatic rings. The Bertz CT molecular complexity index is 344. The topological polar surface area (TPSA) is 15.3 Å². The second-order valence-corrected chi connectivity index (χ2v) is 5.26. The highest BCUT2D eigenvalue weighted by Crippen LogP contribution is 2.17. The van der Waals surface area contributed by atoms with E-state index in [4.69, 9.17) is 0 Å². The van der Waals surface area contributed by atoms with E-state index in [2.05, 4.69) is 34.5 Å². The van der Waals surface area contributed by atoms with Crippen LogP contribution in [0.3, 0.4) is 0 Å². The number of unbranched alkanes of at least 4 members (excludes halogenated alkanes) is 3. The quantitative estimate of drug-likeness (QED) is 0.761. The Morgan fingerprint density at radius 3 is 2.32 bits per heavy atom. The van der Waals surface area contributed by atoms with E-state index in [1.54, 1.807) is 0 Å². The number of piperazine rings is 1. The van der Waals surface area contributed by atoms with Gasteiger partial charge in [-0.1, -0.05) is 25.0 Å². The second kappa shape index (κ2) is 8.16. The summed E-state index contributed by atoms with van der Waals surface area (Å²) in [6.45, 7) is 4.19. The van der Waals surface area contributed by atoms with Crippen LogP contribution < -0.4 is 10.2 Å². The van der Waals surface area contributed by atoms with Gasteiger partial charge in [0, 0.05) is 31.9 Å². The molecule has 0 unspecified atom stereocenters. The monoisotopic (exact) mass is 264 g/mol.